The van der Waals surface area contributed by atoms with Crippen molar-refractivity contribution in [2.75, 3.05) is 26.2 Å². The maximum atomic E-state index is 11.3. The fourth-order valence-electron chi connectivity index (χ4n) is 2.48. The van der Waals surface area contributed by atoms with E-state index >= 15 is 0 Å². The fraction of sp³-hybridized carbons (Fsp3) is 0.533. The summed E-state index contributed by atoms with van der Waals surface area (Å²) in [5, 5.41) is 9.13. The van der Waals surface area contributed by atoms with Gasteiger partial charge in [0.1, 0.15) is 6.07 Å². The average Bonchev–Trinajstić information content (AvgIpc) is 2.47. The van der Waals surface area contributed by atoms with Crippen LogP contribution in [-0.2, 0) is 17.8 Å². The van der Waals surface area contributed by atoms with E-state index in [-0.39, 0.29) is 5.91 Å². The number of rotatable bonds is 3. The molecule has 1 aromatic heterocycles. The van der Waals surface area contributed by atoms with Crippen molar-refractivity contribution in [3.05, 3.63) is 29.1 Å². The summed E-state index contributed by atoms with van der Waals surface area (Å²) in [5.74, 6) is 0.144. The fourth-order valence-corrected chi connectivity index (χ4v) is 2.48. The average molecular weight is 272 g/mol. The maximum absolute atomic E-state index is 11.3. The maximum Gasteiger partial charge on any atom is 0.219 e. The summed E-state index contributed by atoms with van der Waals surface area (Å²) in [6, 6.07) is 4.15. The first-order chi connectivity index (χ1) is 9.63. The minimum atomic E-state index is 0.144. The summed E-state index contributed by atoms with van der Waals surface area (Å²) >= 11 is 0. The summed E-state index contributed by atoms with van der Waals surface area (Å²) in [5.41, 5.74) is 2.60. The quantitative estimate of drug-likeness (QED) is 0.829. The molecule has 1 aliphatic rings. The Hall–Kier alpha value is -1.93. The van der Waals surface area contributed by atoms with E-state index < -0.39 is 0 Å². The van der Waals surface area contributed by atoms with E-state index in [0.29, 0.717) is 5.56 Å². The van der Waals surface area contributed by atoms with Gasteiger partial charge in [0.05, 0.1) is 11.3 Å². The molecule has 106 valence electrons. The molecule has 0 N–H and O–H groups in total. The van der Waals surface area contributed by atoms with Gasteiger partial charge in [-0.2, -0.15) is 5.26 Å². The Bertz CT molecular complexity index is 527. The lowest BCUT2D eigenvalue weighted by Crippen LogP contribution is -2.47. The van der Waals surface area contributed by atoms with Crippen LogP contribution in [0.4, 0.5) is 0 Å². The highest BCUT2D eigenvalue weighted by atomic mass is 16.2. The second kappa shape index (κ2) is 6.49. The molecule has 20 heavy (non-hydrogen) atoms. The third-order valence-corrected chi connectivity index (χ3v) is 3.71. The van der Waals surface area contributed by atoms with Crippen molar-refractivity contribution < 1.29 is 4.79 Å². The Kier molecular flexibility index (Phi) is 4.70. The van der Waals surface area contributed by atoms with Crippen molar-refractivity contribution in [1.29, 1.82) is 5.26 Å². The second-order valence-corrected chi connectivity index (χ2v) is 5.09. The van der Waals surface area contributed by atoms with Gasteiger partial charge in [0.15, 0.2) is 0 Å². The topological polar surface area (TPSA) is 60.2 Å². The molecule has 0 atom stereocenters. The van der Waals surface area contributed by atoms with E-state index in [1.54, 1.807) is 6.92 Å². The number of pyridine rings is 1. The van der Waals surface area contributed by atoms with Crippen LogP contribution >= 0.6 is 0 Å². The van der Waals surface area contributed by atoms with Gasteiger partial charge in [-0.3, -0.25) is 14.7 Å². The van der Waals surface area contributed by atoms with E-state index in [4.69, 9.17) is 5.26 Å². The van der Waals surface area contributed by atoms with Gasteiger partial charge < -0.3 is 4.90 Å². The number of nitrogens with zero attached hydrogens (tertiary/aromatic N) is 4. The van der Waals surface area contributed by atoms with Crippen LogP contribution in [0.2, 0.25) is 0 Å². The Labute approximate surface area is 119 Å². The zero-order valence-electron chi connectivity index (χ0n) is 12.1. The summed E-state index contributed by atoms with van der Waals surface area (Å²) in [6.07, 6.45) is 2.64. The van der Waals surface area contributed by atoms with E-state index in [1.807, 2.05) is 24.1 Å². The van der Waals surface area contributed by atoms with Crippen molar-refractivity contribution in [3.63, 3.8) is 0 Å². The molecule has 2 rings (SSSR count). The third-order valence-electron chi connectivity index (χ3n) is 3.71. The Morgan fingerprint density at radius 1 is 1.40 bits per heavy atom. The molecular weight excluding hydrogens is 252 g/mol. The van der Waals surface area contributed by atoms with Crippen LogP contribution in [0.3, 0.4) is 0 Å². The lowest BCUT2D eigenvalue weighted by Gasteiger charge is -2.34. The van der Waals surface area contributed by atoms with Crippen LogP contribution in [0.1, 0.15) is 30.7 Å². The molecule has 0 aromatic carbocycles. The molecule has 0 saturated carbocycles. The number of carbonyl (C=O) groups is 1. The van der Waals surface area contributed by atoms with Crippen LogP contribution in [0.5, 0.6) is 0 Å². The molecule has 0 unspecified atom stereocenters. The number of aromatic nitrogens is 1. The van der Waals surface area contributed by atoms with E-state index in [2.05, 4.69) is 16.0 Å². The standard InChI is InChI=1S/C15H20N4O/c1-3-15-14(9-16)8-13(10-17-15)11-18-4-6-19(7-5-18)12(2)20/h8,10H,3-7,11H2,1-2H3. The smallest absolute Gasteiger partial charge is 0.219 e. The van der Waals surface area contributed by atoms with Crippen LogP contribution in [-0.4, -0.2) is 46.9 Å². The third kappa shape index (κ3) is 3.34. The monoisotopic (exact) mass is 272 g/mol. The van der Waals surface area contributed by atoms with Gasteiger partial charge in [-0.15, -0.1) is 0 Å². The van der Waals surface area contributed by atoms with Crippen molar-refractivity contribution in [3.8, 4) is 6.07 Å². The summed E-state index contributed by atoms with van der Waals surface area (Å²) in [4.78, 5) is 19.8. The predicted octanol–water partition coefficient (Wildman–Crippen LogP) is 1.18. The van der Waals surface area contributed by atoms with Gasteiger partial charge in [-0.25, -0.2) is 0 Å². The molecular formula is C15H20N4O. The first-order valence-electron chi connectivity index (χ1n) is 6.99. The highest BCUT2D eigenvalue weighted by Gasteiger charge is 2.18. The number of hydrogen-bond acceptors (Lipinski definition) is 4. The molecule has 2 heterocycles. The van der Waals surface area contributed by atoms with Crippen molar-refractivity contribution >= 4 is 5.91 Å². The number of nitriles is 1. The van der Waals surface area contributed by atoms with Gasteiger partial charge in [0.25, 0.3) is 0 Å². The second-order valence-electron chi connectivity index (χ2n) is 5.09. The lowest BCUT2D eigenvalue weighted by atomic mass is 10.1. The minimum absolute atomic E-state index is 0.144. The van der Waals surface area contributed by atoms with Crippen LogP contribution in [0.25, 0.3) is 0 Å². The SMILES string of the molecule is CCc1ncc(CN2CCN(C(C)=O)CC2)cc1C#N. The van der Waals surface area contributed by atoms with E-state index in [9.17, 15) is 4.79 Å². The number of piperazine rings is 1. The zero-order valence-corrected chi connectivity index (χ0v) is 12.1. The molecule has 1 saturated heterocycles. The summed E-state index contributed by atoms with van der Waals surface area (Å²) in [6.45, 7) is 7.71. The Morgan fingerprint density at radius 2 is 2.10 bits per heavy atom. The normalized spacial score (nSPS) is 15.9. The molecule has 1 fully saturated rings. The van der Waals surface area contributed by atoms with Crippen LogP contribution < -0.4 is 0 Å². The highest BCUT2D eigenvalue weighted by molar-refractivity contribution is 5.73. The highest BCUT2D eigenvalue weighted by Crippen LogP contribution is 2.12. The van der Waals surface area contributed by atoms with E-state index in [1.165, 1.54) is 0 Å². The van der Waals surface area contributed by atoms with Gasteiger partial charge >= 0.3 is 0 Å². The van der Waals surface area contributed by atoms with Gasteiger partial charge in [0.2, 0.25) is 5.91 Å². The van der Waals surface area contributed by atoms with Crippen molar-refractivity contribution in [2.45, 2.75) is 26.8 Å². The molecule has 5 nitrogen and oxygen atoms in total. The number of aryl methyl sites for hydroxylation is 1. The zero-order chi connectivity index (χ0) is 14.5. The lowest BCUT2D eigenvalue weighted by molar-refractivity contribution is -0.130. The van der Waals surface area contributed by atoms with Crippen molar-refractivity contribution in [2.24, 2.45) is 0 Å². The molecule has 0 aliphatic carbocycles. The predicted molar refractivity (Wildman–Crippen MR) is 75.9 cm³/mol. The van der Waals surface area contributed by atoms with E-state index in [0.717, 1.165) is 50.4 Å². The molecule has 5 heteroatoms. The first kappa shape index (κ1) is 14.5. The number of carbonyl (C=O) groups excluding carboxylic acids is 1. The first-order valence-corrected chi connectivity index (χ1v) is 6.99. The Balaban J connectivity index is 1.98. The molecule has 0 radical (unpaired) electrons. The summed E-state index contributed by atoms with van der Waals surface area (Å²) in [7, 11) is 0. The van der Waals surface area contributed by atoms with Crippen molar-refractivity contribution in [1.82, 2.24) is 14.8 Å². The molecule has 0 bridgehead atoms. The summed E-state index contributed by atoms with van der Waals surface area (Å²) < 4.78 is 0. The minimum Gasteiger partial charge on any atom is -0.340 e. The van der Waals surface area contributed by atoms with Gasteiger partial charge in [-0.1, -0.05) is 6.92 Å². The van der Waals surface area contributed by atoms with Gasteiger partial charge in [0, 0.05) is 45.8 Å². The number of amides is 1. The van der Waals surface area contributed by atoms with Crippen LogP contribution in [0, 0.1) is 11.3 Å². The molecule has 1 aromatic rings. The largest absolute Gasteiger partial charge is 0.340 e. The van der Waals surface area contributed by atoms with Crippen LogP contribution in [0.15, 0.2) is 12.3 Å². The Morgan fingerprint density at radius 3 is 2.65 bits per heavy atom. The molecule has 1 amide bonds. The number of hydrogen-bond donors (Lipinski definition) is 0. The van der Waals surface area contributed by atoms with Gasteiger partial charge in [-0.05, 0) is 18.1 Å². The molecule has 0 spiro atoms. The molecule has 1 aliphatic heterocycles.